The van der Waals surface area contributed by atoms with Crippen LogP contribution in [0.1, 0.15) is 26.5 Å². The number of hydrogen-bond acceptors (Lipinski definition) is 8. The molecule has 0 bridgehead atoms. The van der Waals surface area contributed by atoms with E-state index in [0.29, 0.717) is 14.4 Å². The number of esters is 1. The van der Waals surface area contributed by atoms with E-state index < -0.39 is 26.8 Å². The number of methoxy groups -OCH3 is 1. The number of furan rings is 1. The zero-order chi connectivity index (χ0) is 26.2. The van der Waals surface area contributed by atoms with Gasteiger partial charge in [-0.15, -0.1) is 0 Å². The van der Waals surface area contributed by atoms with Crippen LogP contribution in [0.2, 0.25) is 0 Å². The lowest BCUT2D eigenvalue weighted by atomic mass is 10.1. The minimum Gasteiger partial charge on any atom is -0.465 e. The molecule has 0 unspecified atom stereocenters. The molecule has 0 atom stereocenters. The van der Waals surface area contributed by atoms with Crippen molar-refractivity contribution < 1.29 is 32.1 Å². The summed E-state index contributed by atoms with van der Waals surface area (Å²) < 4.78 is 39.1. The van der Waals surface area contributed by atoms with Crippen molar-refractivity contribution in [2.24, 2.45) is 0 Å². The normalized spacial score (nSPS) is 11.3. The van der Waals surface area contributed by atoms with Gasteiger partial charge in [-0.3, -0.25) is 14.9 Å². The fourth-order valence-electron chi connectivity index (χ4n) is 3.61. The second-order valence-electron chi connectivity index (χ2n) is 7.54. The third kappa shape index (κ3) is 4.48. The molecule has 12 heteroatoms. The van der Waals surface area contributed by atoms with E-state index in [1.165, 1.54) is 61.7 Å². The Labute approximate surface area is 213 Å². The van der Waals surface area contributed by atoms with E-state index >= 15 is 0 Å². The van der Waals surface area contributed by atoms with Gasteiger partial charge in [-0.25, -0.2) is 13.2 Å². The minimum absolute atomic E-state index is 0.0697. The molecule has 0 saturated heterocycles. The molecule has 0 aliphatic carbocycles. The van der Waals surface area contributed by atoms with Gasteiger partial charge in [-0.1, -0.05) is 15.9 Å². The van der Waals surface area contributed by atoms with Crippen LogP contribution in [0.25, 0.3) is 11.0 Å². The van der Waals surface area contributed by atoms with Crippen LogP contribution in [0, 0.1) is 17.0 Å². The SMILES string of the molecule is COC(=O)c1c(C)oc2ccc(N(C(=O)c3ccc([N+](=O)[O-])cc3)S(=O)(=O)c3ccc(Br)cc3)cc12. The Balaban J connectivity index is 1.93. The number of aryl methyl sites for hydroxylation is 1. The van der Waals surface area contributed by atoms with Crippen molar-refractivity contribution in [3.8, 4) is 0 Å². The van der Waals surface area contributed by atoms with Crippen LogP contribution >= 0.6 is 15.9 Å². The first-order valence-corrected chi connectivity index (χ1v) is 12.5. The zero-order valence-electron chi connectivity index (χ0n) is 18.8. The molecule has 184 valence electrons. The Morgan fingerprint density at radius 3 is 2.25 bits per heavy atom. The topological polar surface area (TPSA) is 137 Å². The van der Waals surface area contributed by atoms with Crippen molar-refractivity contribution in [3.05, 3.63) is 98.2 Å². The third-order valence-corrected chi connectivity index (χ3v) is 7.59. The molecule has 0 fully saturated rings. The fraction of sp³-hybridized carbons (Fsp3) is 0.0833. The number of nitro groups is 1. The Hall–Kier alpha value is -4.03. The van der Waals surface area contributed by atoms with Gasteiger partial charge in [0.1, 0.15) is 16.9 Å². The summed E-state index contributed by atoms with van der Waals surface area (Å²) in [5.74, 6) is -1.38. The molecule has 36 heavy (non-hydrogen) atoms. The van der Waals surface area contributed by atoms with Crippen LogP contribution < -0.4 is 4.31 Å². The first kappa shape index (κ1) is 25.1. The lowest BCUT2D eigenvalue weighted by Gasteiger charge is -2.23. The molecule has 4 rings (SSSR count). The lowest BCUT2D eigenvalue weighted by molar-refractivity contribution is -0.384. The smallest absolute Gasteiger partial charge is 0.342 e. The van der Waals surface area contributed by atoms with E-state index in [1.807, 2.05) is 0 Å². The summed E-state index contributed by atoms with van der Waals surface area (Å²) >= 11 is 3.25. The summed E-state index contributed by atoms with van der Waals surface area (Å²) in [5.41, 5.74) is -0.0388. The third-order valence-electron chi connectivity index (χ3n) is 5.33. The summed E-state index contributed by atoms with van der Waals surface area (Å²) in [7, 11) is -3.26. The number of nitrogens with zero attached hydrogens (tertiary/aromatic N) is 2. The molecule has 4 aromatic rings. The van der Waals surface area contributed by atoms with Crippen LogP contribution in [-0.2, 0) is 14.8 Å². The van der Waals surface area contributed by atoms with Crippen molar-refractivity contribution in [2.75, 3.05) is 11.4 Å². The molecule has 0 radical (unpaired) electrons. The number of nitro benzene ring substituents is 1. The molecule has 0 aliphatic rings. The average Bonchev–Trinajstić information content (AvgIpc) is 3.18. The van der Waals surface area contributed by atoms with Crippen LogP contribution in [0.5, 0.6) is 0 Å². The van der Waals surface area contributed by atoms with Gasteiger partial charge in [0.2, 0.25) is 0 Å². The Morgan fingerprint density at radius 2 is 1.67 bits per heavy atom. The summed E-state index contributed by atoms with van der Waals surface area (Å²) in [6, 6.07) is 14.4. The van der Waals surface area contributed by atoms with Gasteiger partial charge in [-0.2, -0.15) is 4.31 Å². The summed E-state index contributed by atoms with van der Waals surface area (Å²) in [4.78, 5) is 36.1. The number of carbonyl (C=O) groups excluding carboxylic acids is 2. The number of amides is 1. The predicted molar refractivity (Wildman–Crippen MR) is 134 cm³/mol. The maximum atomic E-state index is 13.7. The van der Waals surface area contributed by atoms with Gasteiger partial charge < -0.3 is 9.15 Å². The van der Waals surface area contributed by atoms with Crippen molar-refractivity contribution in [1.29, 1.82) is 0 Å². The Kier molecular flexibility index (Phi) is 6.65. The summed E-state index contributed by atoms with van der Waals surface area (Å²) in [6.07, 6.45) is 0. The highest BCUT2D eigenvalue weighted by Crippen LogP contribution is 2.33. The number of carbonyl (C=O) groups is 2. The monoisotopic (exact) mass is 572 g/mol. The summed E-state index contributed by atoms with van der Waals surface area (Å²) in [5, 5.41) is 11.3. The molecular formula is C24H17BrN2O8S. The number of sulfonamides is 1. The number of halogens is 1. The highest BCUT2D eigenvalue weighted by Gasteiger charge is 2.33. The van der Waals surface area contributed by atoms with E-state index in [2.05, 4.69) is 15.9 Å². The van der Waals surface area contributed by atoms with Gasteiger partial charge in [0.05, 0.1) is 22.6 Å². The maximum Gasteiger partial charge on any atom is 0.342 e. The average molecular weight is 573 g/mol. The standard InChI is InChI=1S/C24H17BrN2O8S/c1-14-22(24(29)34-2)20-13-18(9-12-21(20)35-14)26(36(32,33)19-10-5-16(25)6-11-19)23(28)15-3-7-17(8-4-15)27(30)31/h3-13H,1-2H3. The van der Waals surface area contributed by atoms with E-state index in [9.17, 15) is 28.1 Å². The molecule has 1 aromatic heterocycles. The largest absolute Gasteiger partial charge is 0.465 e. The number of ether oxygens (including phenoxy) is 1. The van der Waals surface area contributed by atoms with Crippen LogP contribution in [0.15, 0.2) is 80.5 Å². The number of non-ortho nitro benzene ring substituents is 1. The van der Waals surface area contributed by atoms with Crippen molar-refractivity contribution in [2.45, 2.75) is 11.8 Å². The number of anilines is 1. The maximum absolute atomic E-state index is 13.7. The lowest BCUT2D eigenvalue weighted by Crippen LogP contribution is -2.37. The van der Waals surface area contributed by atoms with E-state index in [1.54, 1.807) is 6.92 Å². The van der Waals surface area contributed by atoms with Crippen molar-refractivity contribution >= 4 is 60.2 Å². The number of rotatable bonds is 6. The molecule has 0 aliphatic heterocycles. The van der Waals surface area contributed by atoms with E-state index in [-0.39, 0.29) is 38.5 Å². The van der Waals surface area contributed by atoms with Gasteiger partial charge in [-0.05, 0) is 61.5 Å². The molecule has 0 N–H and O–H groups in total. The fourth-order valence-corrected chi connectivity index (χ4v) is 5.28. The van der Waals surface area contributed by atoms with Gasteiger partial charge in [0, 0.05) is 27.6 Å². The van der Waals surface area contributed by atoms with Gasteiger partial charge in [0.25, 0.3) is 21.6 Å². The highest BCUT2D eigenvalue weighted by atomic mass is 79.9. The Morgan fingerprint density at radius 1 is 1.03 bits per heavy atom. The van der Waals surface area contributed by atoms with Crippen LogP contribution in [-0.4, -0.2) is 32.3 Å². The number of fused-ring (bicyclic) bond motifs is 1. The molecule has 1 amide bonds. The molecule has 0 saturated carbocycles. The van der Waals surface area contributed by atoms with Crippen molar-refractivity contribution in [1.82, 2.24) is 0 Å². The van der Waals surface area contributed by atoms with Gasteiger partial charge in [0.15, 0.2) is 0 Å². The van der Waals surface area contributed by atoms with Crippen LogP contribution in [0.3, 0.4) is 0 Å². The molecule has 3 aromatic carbocycles. The molecule has 1 heterocycles. The number of hydrogen-bond donors (Lipinski definition) is 0. The highest BCUT2D eigenvalue weighted by molar-refractivity contribution is 9.10. The van der Waals surface area contributed by atoms with Crippen molar-refractivity contribution in [3.63, 3.8) is 0 Å². The number of benzene rings is 3. The molecule has 10 nitrogen and oxygen atoms in total. The zero-order valence-corrected chi connectivity index (χ0v) is 21.2. The molecular weight excluding hydrogens is 556 g/mol. The van der Waals surface area contributed by atoms with E-state index in [4.69, 9.17) is 9.15 Å². The predicted octanol–water partition coefficient (Wildman–Crippen LogP) is 5.23. The molecule has 0 spiro atoms. The summed E-state index contributed by atoms with van der Waals surface area (Å²) in [6.45, 7) is 1.56. The minimum atomic E-state index is -4.46. The second-order valence-corrected chi connectivity index (χ2v) is 10.2. The Bertz CT molecular complexity index is 1610. The first-order valence-electron chi connectivity index (χ1n) is 10.3. The first-order chi connectivity index (χ1) is 17.0. The quantitative estimate of drug-likeness (QED) is 0.174. The second kappa shape index (κ2) is 9.55. The van der Waals surface area contributed by atoms with Crippen LogP contribution in [0.4, 0.5) is 11.4 Å². The van der Waals surface area contributed by atoms with E-state index in [0.717, 1.165) is 12.1 Å². The van der Waals surface area contributed by atoms with Gasteiger partial charge >= 0.3 is 5.97 Å².